The molecular weight excluding hydrogens is 254 g/mol. The Bertz CT molecular complexity index is 735. The van der Waals surface area contributed by atoms with Gasteiger partial charge in [-0.2, -0.15) is 4.98 Å². The summed E-state index contributed by atoms with van der Waals surface area (Å²) in [5, 5.41) is 8.80. The average molecular weight is 267 g/mol. The van der Waals surface area contributed by atoms with Crippen molar-refractivity contribution in [2.24, 2.45) is 0 Å². The maximum Gasteiger partial charge on any atom is 0.247 e. The molecule has 0 saturated carbocycles. The van der Waals surface area contributed by atoms with Gasteiger partial charge in [-0.3, -0.25) is 0 Å². The Hall–Kier alpha value is -2.66. The van der Waals surface area contributed by atoms with E-state index in [1.807, 2.05) is 36.4 Å². The first kappa shape index (κ1) is 12.4. The zero-order chi connectivity index (χ0) is 13.8. The molecule has 5 heteroatoms. The van der Waals surface area contributed by atoms with Gasteiger partial charge in [0.25, 0.3) is 0 Å². The number of nitrogens with zero attached hydrogens (tertiary/aromatic N) is 2. The van der Waals surface area contributed by atoms with Crippen LogP contribution < -0.4 is 4.74 Å². The number of H-pyrrole nitrogens is 1. The summed E-state index contributed by atoms with van der Waals surface area (Å²) in [6, 6.07) is 11.3. The van der Waals surface area contributed by atoms with Crippen LogP contribution in [0.1, 0.15) is 5.69 Å². The van der Waals surface area contributed by atoms with Crippen LogP contribution in [0.4, 0.5) is 0 Å². The molecule has 2 N–H and O–H groups in total. The van der Waals surface area contributed by atoms with Gasteiger partial charge >= 0.3 is 0 Å². The standard InChI is InChI=1S/C15H13N3O2/c19-8-4-5-11-9-13-14(18-11)15(17-10-16-13)20-12-6-2-1-3-7-12/h1-7,9-10,18-19H,8H2/b5-4+. The molecule has 0 aliphatic heterocycles. The third-order valence-corrected chi connectivity index (χ3v) is 2.76. The fourth-order valence-electron chi connectivity index (χ4n) is 1.88. The predicted molar refractivity (Wildman–Crippen MR) is 76.5 cm³/mol. The van der Waals surface area contributed by atoms with Gasteiger partial charge in [-0.05, 0) is 24.3 Å². The van der Waals surface area contributed by atoms with E-state index >= 15 is 0 Å². The number of hydrogen-bond donors (Lipinski definition) is 2. The van der Waals surface area contributed by atoms with Crippen molar-refractivity contribution in [3.8, 4) is 11.6 Å². The maximum atomic E-state index is 8.80. The van der Waals surface area contributed by atoms with Gasteiger partial charge in [-0.15, -0.1) is 0 Å². The molecule has 0 spiro atoms. The first-order chi connectivity index (χ1) is 9.86. The van der Waals surface area contributed by atoms with Crippen LogP contribution in [0.3, 0.4) is 0 Å². The molecule has 2 heterocycles. The van der Waals surface area contributed by atoms with E-state index in [0.717, 1.165) is 22.5 Å². The summed E-state index contributed by atoms with van der Waals surface area (Å²) in [4.78, 5) is 11.5. The van der Waals surface area contributed by atoms with Gasteiger partial charge in [-0.1, -0.05) is 24.3 Å². The van der Waals surface area contributed by atoms with Crippen molar-refractivity contribution < 1.29 is 9.84 Å². The highest BCUT2D eigenvalue weighted by Gasteiger charge is 2.08. The number of nitrogens with one attached hydrogen (secondary N) is 1. The number of benzene rings is 1. The van der Waals surface area contributed by atoms with E-state index in [2.05, 4.69) is 15.0 Å². The number of aromatic nitrogens is 3. The summed E-state index contributed by atoms with van der Waals surface area (Å²) < 4.78 is 5.75. The summed E-state index contributed by atoms with van der Waals surface area (Å²) in [7, 11) is 0. The first-order valence-corrected chi connectivity index (χ1v) is 6.21. The van der Waals surface area contributed by atoms with Crippen LogP contribution in [0.25, 0.3) is 17.1 Å². The highest BCUT2D eigenvalue weighted by molar-refractivity contribution is 5.82. The highest BCUT2D eigenvalue weighted by Crippen LogP contribution is 2.26. The van der Waals surface area contributed by atoms with Crippen molar-refractivity contribution in [1.29, 1.82) is 0 Å². The Labute approximate surface area is 115 Å². The van der Waals surface area contributed by atoms with E-state index in [9.17, 15) is 0 Å². The summed E-state index contributed by atoms with van der Waals surface area (Å²) in [6.07, 6.45) is 4.90. The van der Waals surface area contributed by atoms with Crippen LogP contribution in [-0.2, 0) is 0 Å². The van der Waals surface area contributed by atoms with E-state index in [0.29, 0.717) is 5.88 Å². The second-order valence-corrected chi connectivity index (χ2v) is 4.16. The van der Waals surface area contributed by atoms with Gasteiger partial charge in [-0.25, -0.2) is 4.98 Å². The Kier molecular flexibility index (Phi) is 3.43. The second kappa shape index (κ2) is 5.54. The molecule has 0 fully saturated rings. The summed E-state index contributed by atoms with van der Waals surface area (Å²) in [5.41, 5.74) is 2.34. The molecule has 1 aromatic carbocycles. The normalized spacial score (nSPS) is 11.2. The molecule has 0 bridgehead atoms. The molecule has 2 aromatic heterocycles. The molecule has 0 saturated heterocycles. The molecular formula is C15H13N3O2. The van der Waals surface area contributed by atoms with Gasteiger partial charge in [0.05, 0.1) is 12.1 Å². The molecule has 100 valence electrons. The third kappa shape index (κ3) is 2.53. The van der Waals surface area contributed by atoms with E-state index < -0.39 is 0 Å². The minimum atomic E-state index is -0.00554. The van der Waals surface area contributed by atoms with Crippen LogP contribution in [-0.4, -0.2) is 26.7 Å². The number of ether oxygens (including phenoxy) is 1. The molecule has 3 rings (SSSR count). The van der Waals surface area contributed by atoms with Crippen LogP contribution in [0.15, 0.2) is 48.8 Å². The number of aliphatic hydroxyl groups excluding tert-OH is 1. The lowest BCUT2D eigenvalue weighted by molar-refractivity contribution is 0.343. The summed E-state index contributed by atoms with van der Waals surface area (Å²) >= 11 is 0. The lowest BCUT2D eigenvalue weighted by Gasteiger charge is -2.04. The maximum absolute atomic E-state index is 8.80. The van der Waals surface area contributed by atoms with Crippen molar-refractivity contribution in [2.45, 2.75) is 0 Å². The summed E-state index contributed by atoms with van der Waals surface area (Å²) in [5.74, 6) is 1.19. The Morgan fingerprint density at radius 2 is 2.05 bits per heavy atom. The van der Waals surface area contributed by atoms with Gasteiger partial charge < -0.3 is 14.8 Å². The number of fused-ring (bicyclic) bond motifs is 1. The van der Waals surface area contributed by atoms with Crippen molar-refractivity contribution in [2.75, 3.05) is 6.61 Å². The van der Waals surface area contributed by atoms with Crippen molar-refractivity contribution in [3.05, 3.63) is 54.5 Å². The second-order valence-electron chi connectivity index (χ2n) is 4.16. The lowest BCUT2D eigenvalue weighted by Crippen LogP contribution is -1.90. The first-order valence-electron chi connectivity index (χ1n) is 6.21. The molecule has 0 radical (unpaired) electrons. The van der Waals surface area contributed by atoms with Crippen molar-refractivity contribution >= 4 is 17.1 Å². The SMILES string of the molecule is OC/C=C/c1cc2ncnc(Oc3ccccc3)c2[nH]1. The number of aromatic amines is 1. The molecule has 3 aromatic rings. The number of para-hydroxylation sites is 1. The molecule has 0 unspecified atom stereocenters. The van der Waals surface area contributed by atoms with E-state index in [1.54, 1.807) is 12.2 Å². The molecule has 5 nitrogen and oxygen atoms in total. The van der Waals surface area contributed by atoms with Crippen LogP contribution in [0.2, 0.25) is 0 Å². The van der Waals surface area contributed by atoms with Gasteiger partial charge in [0.2, 0.25) is 5.88 Å². The van der Waals surface area contributed by atoms with Crippen LogP contribution in [0.5, 0.6) is 11.6 Å². The molecule has 0 aliphatic rings. The fraction of sp³-hybridized carbons (Fsp3) is 0.0667. The minimum absolute atomic E-state index is 0.00554. The topological polar surface area (TPSA) is 71.0 Å². The number of rotatable bonds is 4. The summed E-state index contributed by atoms with van der Waals surface area (Å²) in [6.45, 7) is -0.00554. The molecule has 20 heavy (non-hydrogen) atoms. The van der Waals surface area contributed by atoms with Gasteiger partial charge in [0.1, 0.15) is 17.6 Å². The van der Waals surface area contributed by atoms with Crippen molar-refractivity contribution in [3.63, 3.8) is 0 Å². The van der Waals surface area contributed by atoms with Gasteiger partial charge in [0.15, 0.2) is 0 Å². The van der Waals surface area contributed by atoms with E-state index in [-0.39, 0.29) is 6.61 Å². The smallest absolute Gasteiger partial charge is 0.247 e. The van der Waals surface area contributed by atoms with Crippen molar-refractivity contribution in [1.82, 2.24) is 15.0 Å². The quantitative estimate of drug-likeness (QED) is 0.762. The monoisotopic (exact) mass is 267 g/mol. The average Bonchev–Trinajstić information content (AvgIpc) is 2.90. The molecule has 0 aliphatic carbocycles. The van der Waals surface area contributed by atoms with Crippen LogP contribution in [0, 0.1) is 0 Å². The Morgan fingerprint density at radius 3 is 2.85 bits per heavy atom. The largest absolute Gasteiger partial charge is 0.437 e. The minimum Gasteiger partial charge on any atom is -0.437 e. The van der Waals surface area contributed by atoms with E-state index in [4.69, 9.17) is 9.84 Å². The van der Waals surface area contributed by atoms with E-state index in [1.165, 1.54) is 6.33 Å². The van der Waals surface area contributed by atoms with Crippen LogP contribution >= 0.6 is 0 Å². The number of hydrogen-bond acceptors (Lipinski definition) is 4. The zero-order valence-electron chi connectivity index (χ0n) is 10.7. The Balaban J connectivity index is 1.98. The van der Waals surface area contributed by atoms with Gasteiger partial charge in [0, 0.05) is 5.69 Å². The fourth-order valence-corrected chi connectivity index (χ4v) is 1.88. The number of aliphatic hydroxyl groups is 1. The third-order valence-electron chi connectivity index (χ3n) is 2.76. The lowest BCUT2D eigenvalue weighted by atomic mass is 10.3. The predicted octanol–water partition coefficient (Wildman–Crippen LogP) is 2.76. The molecule has 0 amide bonds. The Morgan fingerprint density at radius 1 is 1.20 bits per heavy atom. The highest BCUT2D eigenvalue weighted by atomic mass is 16.5. The zero-order valence-corrected chi connectivity index (χ0v) is 10.7. The molecule has 0 atom stereocenters.